The lowest BCUT2D eigenvalue weighted by Gasteiger charge is -2.32. The highest BCUT2D eigenvalue weighted by Crippen LogP contribution is 2.32. The van der Waals surface area contributed by atoms with E-state index in [-0.39, 0.29) is 16.7 Å². The maximum absolute atomic E-state index is 13.0. The summed E-state index contributed by atoms with van der Waals surface area (Å²) in [4.78, 5) is 14.9. The SMILES string of the molecule is O=C(c1cn[nH]c1C1CCCN(S(=O)(=O)c2cccc(Cl)c2)C1)N1CCCC1. The van der Waals surface area contributed by atoms with Gasteiger partial charge in [-0.3, -0.25) is 9.89 Å². The summed E-state index contributed by atoms with van der Waals surface area (Å²) in [6.07, 6.45) is 5.15. The summed E-state index contributed by atoms with van der Waals surface area (Å²) in [5.41, 5.74) is 1.30. The Bertz CT molecular complexity index is 969. The summed E-state index contributed by atoms with van der Waals surface area (Å²) in [5, 5.41) is 7.44. The van der Waals surface area contributed by atoms with Crippen LogP contribution in [0.4, 0.5) is 0 Å². The minimum atomic E-state index is -3.64. The zero-order valence-electron chi connectivity index (χ0n) is 15.5. The molecule has 0 aliphatic carbocycles. The molecule has 1 aromatic carbocycles. The first-order valence-electron chi connectivity index (χ1n) is 9.55. The quantitative estimate of drug-likeness (QED) is 0.820. The third-order valence-corrected chi connectivity index (χ3v) is 7.61. The summed E-state index contributed by atoms with van der Waals surface area (Å²) >= 11 is 5.98. The van der Waals surface area contributed by atoms with E-state index in [1.807, 2.05) is 4.90 Å². The second-order valence-corrected chi connectivity index (χ2v) is 9.73. The van der Waals surface area contributed by atoms with Gasteiger partial charge in [-0.1, -0.05) is 17.7 Å². The van der Waals surface area contributed by atoms with Gasteiger partial charge in [-0.05, 0) is 43.9 Å². The molecule has 9 heteroatoms. The summed E-state index contributed by atoms with van der Waals surface area (Å²) in [6, 6.07) is 6.32. The summed E-state index contributed by atoms with van der Waals surface area (Å²) in [6.45, 7) is 2.30. The van der Waals surface area contributed by atoms with Crippen LogP contribution < -0.4 is 0 Å². The zero-order chi connectivity index (χ0) is 19.7. The fraction of sp³-hybridized carbons (Fsp3) is 0.474. The number of carbonyl (C=O) groups is 1. The first-order valence-corrected chi connectivity index (χ1v) is 11.4. The van der Waals surface area contributed by atoms with Crippen LogP contribution in [0.1, 0.15) is 47.7 Å². The predicted octanol–water partition coefficient (Wildman–Crippen LogP) is 2.87. The van der Waals surface area contributed by atoms with Crippen molar-refractivity contribution in [2.24, 2.45) is 0 Å². The van der Waals surface area contributed by atoms with E-state index < -0.39 is 10.0 Å². The van der Waals surface area contributed by atoms with E-state index in [1.54, 1.807) is 24.4 Å². The monoisotopic (exact) mass is 422 g/mol. The van der Waals surface area contributed by atoms with E-state index in [0.29, 0.717) is 23.7 Å². The molecule has 1 amide bonds. The molecule has 2 aromatic rings. The van der Waals surface area contributed by atoms with E-state index in [1.165, 1.54) is 10.4 Å². The van der Waals surface area contributed by atoms with Gasteiger partial charge in [0.1, 0.15) is 0 Å². The van der Waals surface area contributed by atoms with E-state index in [9.17, 15) is 13.2 Å². The van der Waals surface area contributed by atoms with Crippen molar-refractivity contribution in [3.63, 3.8) is 0 Å². The van der Waals surface area contributed by atoms with Crippen molar-refractivity contribution < 1.29 is 13.2 Å². The number of piperidine rings is 1. The van der Waals surface area contributed by atoms with Crippen LogP contribution in [0, 0.1) is 0 Å². The number of benzene rings is 1. The van der Waals surface area contributed by atoms with Gasteiger partial charge in [0.2, 0.25) is 10.0 Å². The normalized spacial score (nSPS) is 21.2. The Balaban J connectivity index is 1.57. The molecule has 1 unspecified atom stereocenters. The summed E-state index contributed by atoms with van der Waals surface area (Å²) in [5.74, 6) is -0.108. The van der Waals surface area contributed by atoms with Gasteiger partial charge in [0, 0.05) is 37.1 Å². The average Bonchev–Trinajstić information content (AvgIpc) is 3.39. The highest BCUT2D eigenvalue weighted by molar-refractivity contribution is 7.89. The maximum Gasteiger partial charge on any atom is 0.257 e. The molecule has 0 bridgehead atoms. The molecule has 7 nitrogen and oxygen atoms in total. The molecule has 150 valence electrons. The van der Waals surface area contributed by atoms with E-state index >= 15 is 0 Å². The van der Waals surface area contributed by atoms with Gasteiger partial charge < -0.3 is 4.90 Å². The van der Waals surface area contributed by atoms with E-state index in [0.717, 1.165) is 44.5 Å². The van der Waals surface area contributed by atoms with Crippen LogP contribution in [0.3, 0.4) is 0 Å². The Morgan fingerprint density at radius 2 is 1.96 bits per heavy atom. The van der Waals surface area contributed by atoms with Crippen LogP contribution in [0.25, 0.3) is 0 Å². The molecule has 2 fully saturated rings. The fourth-order valence-electron chi connectivity index (χ4n) is 4.04. The number of sulfonamides is 1. The van der Waals surface area contributed by atoms with Crippen molar-refractivity contribution >= 4 is 27.5 Å². The summed E-state index contributed by atoms with van der Waals surface area (Å²) in [7, 11) is -3.64. The van der Waals surface area contributed by atoms with Crippen molar-refractivity contribution in [1.29, 1.82) is 0 Å². The minimum absolute atomic E-state index is 0.0175. The fourth-order valence-corrected chi connectivity index (χ4v) is 5.87. The first-order chi connectivity index (χ1) is 13.5. The number of aromatic amines is 1. The van der Waals surface area contributed by atoms with Crippen LogP contribution in [0.5, 0.6) is 0 Å². The highest BCUT2D eigenvalue weighted by atomic mass is 35.5. The first kappa shape index (κ1) is 19.4. The van der Waals surface area contributed by atoms with Crippen LogP contribution in [-0.4, -0.2) is 59.9 Å². The number of nitrogens with zero attached hydrogens (tertiary/aromatic N) is 3. The smallest absolute Gasteiger partial charge is 0.257 e. The van der Waals surface area contributed by atoms with E-state index in [4.69, 9.17) is 11.6 Å². The zero-order valence-corrected chi connectivity index (χ0v) is 17.0. The number of amides is 1. The van der Waals surface area contributed by atoms with Crippen molar-refractivity contribution in [3.05, 3.63) is 46.7 Å². The molecule has 4 rings (SSSR count). The molecule has 1 aromatic heterocycles. The number of carbonyl (C=O) groups excluding carboxylic acids is 1. The second kappa shape index (κ2) is 7.85. The topological polar surface area (TPSA) is 86.4 Å². The molecule has 2 aliphatic heterocycles. The molecule has 0 spiro atoms. The Labute approximate surface area is 169 Å². The largest absolute Gasteiger partial charge is 0.339 e. The van der Waals surface area contributed by atoms with Crippen LogP contribution >= 0.6 is 11.6 Å². The van der Waals surface area contributed by atoms with Gasteiger partial charge >= 0.3 is 0 Å². The van der Waals surface area contributed by atoms with Crippen LogP contribution in [-0.2, 0) is 10.0 Å². The maximum atomic E-state index is 13.0. The lowest BCUT2D eigenvalue weighted by atomic mass is 9.93. The molecular weight excluding hydrogens is 400 g/mol. The molecule has 0 radical (unpaired) electrons. The Hall–Kier alpha value is -1.90. The molecule has 2 aliphatic rings. The van der Waals surface area contributed by atoms with Crippen molar-refractivity contribution in [3.8, 4) is 0 Å². The average molecular weight is 423 g/mol. The molecule has 0 saturated carbocycles. The summed E-state index contributed by atoms with van der Waals surface area (Å²) < 4.78 is 27.6. The van der Waals surface area contributed by atoms with Crippen LogP contribution in [0.15, 0.2) is 35.4 Å². The third-order valence-electron chi connectivity index (χ3n) is 5.52. The number of halogens is 1. The molecule has 3 heterocycles. The van der Waals surface area contributed by atoms with Gasteiger partial charge in [0.05, 0.1) is 22.3 Å². The number of nitrogens with one attached hydrogen (secondary N) is 1. The van der Waals surface area contributed by atoms with E-state index in [2.05, 4.69) is 10.2 Å². The standard InChI is InChI=1S/C19H23ClN4O3S/c20-15-6-3-7-16(11-15)28(26,27)24-10-4-5-14(13-24)18-17(12-21-22-18)19(25)23-8-1-2-9-23/h3,6-7,11-12,14H,1-2,4-5,8-10,13H2,(H,21,22). The van der Waals surface area contributed by atoms with Crippen molar-refractivity contribution in [1.82, 2.24) is 19.4 Å². The lowest BCUT2D eigenvalue weighted by Crippen LogP contribution is -2.39. The highest BCUT2D eigenvalue weighted by Gasteiger charge is 2.34. The van der Waals surface area contributed by atoms with Gasteiger partial charge in [-0.15, -0.1) is 0 Å². The Morgan fingerprint density at radius 1 is 1.18 bits per heavy atom. The molecule has 1 atom stereocenters. The van der Waals surface area contributed by atoms with Crippen molar-refractivity contribution in [2.75, 3.05) is 26.2 Å². The molecule has 28 heavy (non-hydrogen) atoms. The minimum Gasteiger partial charge on any atom is -0.339 e. The molecular formula is C19H23ClN4O3S. The number of likely N-dealkylation sites (tertiary alicyclic amines) is 1. The van der Waals surface area contributed by atoms with Crippen LogP contribution in [0.2, 0.25) is 5.02 Å². The van der Waals surface area contributed by atoms with Gasteiger partial charge in [0.15, 0.2) is 0 Å². The molecule has 2 saturated heterocycles. The lowest BCUT2D eigenvalue weighted by molar-refractivity contribution is 0.0791. The molecule has 1 N–H and O–H groups in total. The Morgan fingerprint density at radius 3 is 2.71 bits per heavy atom. The Kier molecular flexibility index (Phi) is 5.44. The van der Waals surface area contributed by atoms with Gasteiger partial charge in [-0.2, -0.15) is 9.40 Å². The second-order valence-electron chi connectivity index (χ2n) is 7.36. The number of hydrogen-bond donors (Lipinski definition) is 1. The number of H-pyrrole nitrogens is 1. The number of rotatable bonds is 4. The van der Waals surface area contributed by atoms with Gasteiger partial charge in [0.25, 0.3) is 5.91 Å². The number of hydrogen-bond acceptors (Lipinski definition) is 4. The van der Waals surface area contributed by atoms with Gasteiger partial charge in [-0.25, -0.2) is 8.42 Å². The number of aromatic nitrogens is 2. The third kappa shape index (κ3) is 3.68. The predicted molar refractivity (Wildman–Crippen MR) is 106 cm³/mol. The van der Waals surface area contributed by atoms with Crippen molar-refractivity contribution in [2.45, 2.75) is 36.5 Å².